The lowest BCUT2D eigenvalue weighted by molar-refractivity contribution is 0.324. The molecule has 0 unspecified atom stereocenters. The van der Waals surface area contributed by atoms with Gasteiger partial charge >= 0.3 is 5.63 Å². The van der Waals surface area contributed by atoms with E-state index in [9.17, 15) is 4.79 Å². The summed E-state index contributed by atoms with van der Waals surface area (Å²) in [6, 6.07) is 10.9. The molecule has 0 fully saturated rings. The Bertz CT molecular complexity index is 1160. The number of rotatable bonds is 4. The molecule has 1 aromatic heterocycles. The van der Waals surface area contributed by atoms with E-state index >= 15 is 0 Å². The van der Waals surface area contributed by atoms with Crippen molar-refractivity contribution in [3.63, 3.8) is 0 Å². The fourth-order valence-electron chi connectivity index (χ4n) is 2.66. The molecule has 0 aliphatic carbocycles. The minimum absolute atomic E-state index is 0.303. The molecule has 134 valence electrons. The molecule has 6 nitrogen and oxygen atoms in total. The number of aromatic amines is 1. The first-order valence-electron chi connectivity index (χ1n) is 7.86. The number of aromatic nitrogens is 1. The third kappa shape index (κ3) is 3.21. The Hall–Kier alpha value is -3.41. The van der Waals surface area contributed by atoms with E-state index < -0.39 is 5.63 Å². The van der Waals surface area contributed by atoms with Crippen LogP contribution in [0.25, 0.3) is 12.7 Å². The number of benzene rings is 2. The molecule has 2 aromatic carbocycles. The van der Waals surface area contributed by atoms with Crippen LogP contribution in [0.1, 0.15) is 5.56 Å². The van der Waals surface area contributed by atoms with Crippen molar-refractivity contribution in [1.29, 1.82) is 0 Å². The quantitative estimate of drug-likeness (QED) is 0.770. The lowest BCUT2D eigenvalue weighted by Crippen LogP contribution is -2.20. The van der Waals surface area contributed by atoms with Crippen molar-refractivity contribution in [1.82, 2.24) is 4.98 Å². The molecule has 1 heterocycles. The fourth-order valence-corrected chi connectivity index (χ4v) is 2.66. The van der Waals surface area contributed by atoms with E-state index in [2.05, 4.69) is 11.6 Å². The first-order valence-corrected chi connectivity index (χ1v) is 7.86. The van der Waals surface area contributed by atoms with Crippen LogP contribution < -0.4 is 30.4 Å². The Morgan fingerprint density at radius 3 is 2.27 bits per heavy atom. The van der Waals surface area contributed by atoms with Gasteiger partial charge in [0.1, 0.15) is 5.35 Å². The average Bonchev–Trinajstić information content (AvgIpc) is 3.01. The van der Waals surface area contributed by atoms with Gasteiger partial charge in [-0.2, -0.15) is 0 Å². The van der Waals surface area contributed by atoms with Gasteiger partial charge in [-0.1, -0.05) is 24.8 Å². The van der Waals surface area contributed by atoms with E-state index in [1.54, 1.807) is 18.2 Å². The highest BCUT2D eigenvalue weighted by molar-refractivity contribution is 5.61. The van der Waals surface area contributed by atoms with E-state index in [1.807, 2.05) is 24.3 Å². The molecule has 0 radical (unpaired) electrons. The third-order valence-corrected chi connectivity index (χ3v) is 3.92. The van der Waals surface area contributed by atoms with Crippen molar-refractivity contribution in [3.05, 3.63) is 73.7 Å². The van der Waals surface area contributed by atoms with Crippen LogP contribution in [0.2, 0.25) is 0 Å². The van der Waals surface area contributed by atoms with Crippen LogP contribution in [0.5, 0.6) is 17.2 Å². The maximum absolute atomic E-state index is 12.2. The van der Waals surface area contributed by atoms with Crippen LogP contribution in [-0.2, 0) is 0 Å². The van der Waals surface area contributed by atoms with Gasteiger partial charge in [-0.05, 0) is 35.1 Å². The Balaban J connectivity index is 2.25. The summed E-state index contributed by atoms with van der Waals surface area (Å²) in [6.07, 6.45) is 1.66. The van der Waals surface area contributed by atoms with Crippen LogP contribution in [0.3, 0.4) is 0 Å². The van der Waals surface area contributed by atoms with Crippen LogP contribution in [-0.4, -0.2) is 26.3 Å². The van der Waals surface area contributed by atoms with Crippen molar-refractivity contribution in [3.8, 4) is 17.2 Å². The molecule has 0 aliphatic rings. The molecule has 1 N–H and O–H groups in total. The van der Waals surface area contributed by atoms with E-state index in [-0.39, 0.29) is 0 Å². The van der Waals surface area contributed by atoms with Crippen LogP contribution in [0.15, 0.2) is 45.6 Å². The number of hydrogen-bond donors (Lipinski definition) is 1. The summed E-state index contributed by atoms with van der Waals surface area (Å²) in [5, 5.41) is 1.79. The minimum Gasteiger partial charge on any atom is -0.493 e. The van der Waals surface area contributed by atoms with Crippen molar-refractivity contribution >= 4 is 12.7 Å². The predicted molar refractivity (Wildman–Crippen MR) is 97.9 cm³/mol. The number of nitrogens with one attached hydrogen (secondary N) is 1. The molecule has 0 spiro atoms. The van der Waals surface area contributed by atoms with Gasteiger partial charge in [0, 0.05) is 5.22 Å². The van der Waals surface area contributed by atoms with Gasteiger partial charge in [-0.15, -0.1) is 0 Å². The zero-order valence-electron chi connectivity index (χ0n) is 14.8. The average molecular weight is 353 g/mol. The molecule has 3 aromatic rings. The molecule has 26 heavy (non-hydrogen) atoms. The molecule has 0 atom stereocenters. The first-order chi connectivity index (χ1) is 12.6. The van der Waals surface area contributed by atoms with Crippen LogP contribution in [0, 0.1) is 10.8 Å². The Labute approximate surface area is 149 Å². The normalized spacial score (nSPS) is 12.8. The number of ether oxygens (including phenoxy) is 3. The largest absolute Gasteiger partial charge is 0.493 e. The minimum atomic E-state index is -0.475. The fraction of sp³-hybridized carbons (Fsp3) is 0.150. The Kier molecular flexibility index (Phi) is 4.84. The highest BCUT2D eigenvalue weighted by Gasteiger charge is 2.12. The van der Waals surface area contributed by atoms with Gasteiger partial charge in [0.15, 0.2) is 11.5 Å². The van der Waals surface area contributed by atoms with E-state index in [4.69, 9.17) is 18.6 Å². The SMILES string of the molecule is C=c1ccccc1=c1[nH]/c(=C\c2cc(OC)c(OC)c(OC)c2)c(=O)o1. The number of hydrogen-bond acceptors (Lipinski definition) is 5. The zero-order chi connectivity index (χ0) is 18.7. The summed E-state index contributed by atoms with van der Waals surface area (Å²) in [6.45, 7) is 3.95. The summed E-state index contributed by atoms with van der Waals surface area (Å²) in [7, 11) is 4.60. The van der Waals surface area contributed by atoms with Gasteiger partial charge in [0.05, 0.1) is 21.3 Å². The van der Waals surface area contributed by atoms with Crippen LogP contribution in [0.4, 0.5) is 0 Å². The molecule has 6 heteroatoms. The lowest BCUT2D eigenvalue weighted by atomic mass is 10.1. The highest BCUT2D eigenvalue weighted by Crippen LogP contribution is 2.38. The molecule has 0 aliphatic heterocycles. The topological polar surface area (TPSA) is 73.7 Å². The summed E-state index contributed by atoms with van der Waals surface area (Å²) in [5.41, 5.74) is 0.583. The predicted octanol–water partition coefficient (Wildman–Crippen LogP) is 1.52. The van der Waals surface area contributed by atoms with Gasteiger partial charge in [0.25, 0.3) is 0 Å². The van der Waals surface area contributed by atoms with Gasteiger partial charge in [0.2, 0.25) is 11.3 Å². The first kappa shape index (κ1) is 17.4. The standard InChI is InChI=1S/C20H19NO5/c1-12-7-5-6-8-14(12)19-21-15(20(22)26-19)9-13-10-16(23-2)18(25-4)17(11-13)24-3/h5-11,21H,1H2,2-4H3/b15-9-,19-14?. The maximum atomic E-state index is 12.2. The van der Waals surface area contributed by atoms with Crippen molar-refractivity contribution in [2.45, 2.75) is 0 Å². The number of methoxy groups -OCH3 is 3. The third-order valence-electron chi connectivity index (χ3n) is 3.92. The van der Waals surface area contributed by atoms with E-state index in [0.29, 0.717) is 33.7 Å². The Morgan fingerprint density at radius 1 is 1.04 bits per heavy atom. The van der Waals surface area contributed by atoms with E-state index in [0.717, 1.165) is 10.4 Å². The van der Waals surface area contributed by atoms with Gasteiger partial charge < -0.3 is 23.6 Å². The zero-order valence-corrected chi connectivity index (χ0v) is 14.8. The summed E-state index contributed by atoms with van der Waals surface area (Å²) < 4.78 is 21.3. The van der Waals surface area contributed by atoms with Crippen molar-refractivity contribution in [2.24, 2.45) is 0 Å². The molecular weight excluding hydrogens is 334 g/mol. The second-order valence-corrected chi connectivity index (χ2v) is 5.52. The number of oxazole rings is 1. The molecule has 0 saturated carbocycles. The second-order valence-electron chi connectivity index (χ2n) is 5.52. The lowest BCUT2D eigenvalue weighted by Gasteiger charge is -2.12. The molecule has 0 amide bonds. The second kappa shape index (κ2) is 7.23. The van der Waals surface area contributed by atoms with E-state index in [1.165, 1.54) is 21.3 Å². The summed E-state index contributed by atoms with van der Waals surface area (Å²) in [4.78, 5) is 15.2. The van der Waals surface area contributed by atoms with Gasteiger partial charge in [-0.3, -0.25) is 0 Å². The number of H-pyrrole nitrogens is 1. The molecular formula is C20H19NO5. The molecule has 0 saturated heterocycles. The monoisotopic (exact) mass is 353 g/mol. The highest BCUT2D eigenvalue weighted by atomic mass is 16.5. The molecule has 0 bridgehead atoms. The summed E-state index contributed by atoms with van der Waals surface area (Å²) in [5.74, 6) is 1.48. The van der Waals surface area contributed by atoms with Gasteiger partial charge in [-0.25, -0.2) is 4.79 Å². The summed E-state index contributed by atoms with van der Waals surface area (Å²) >= 11 is 0. The molecule has 3 rings (SSSR count). The van der Waals surface area contributed by atoms with Crippen molar-refractivity contribution < 1.29 is 18.6 Å². The Morgan fingerprint density at radius 2 is 1.69 bits per heavy atom. The smallest absolute Gasteiger partial charge is 0.361 e. The van der Waals surface area contributed by atoms with Crippen LogP contribution >= 0.6 is 0 Å². The van der Waals surface area contributed by atoms with Crippen molar-refractivity contribution in [2.75, 3.05) is 21.3 Å². The maximum Gasteiger partial charge on any atom is 0.361 e.